The van der Waals surface area contributed by atoms with Crippen LogP contribution in [0.15, 0.2) is 29.2 Å². The van der Waals surface area contributed by atoms with E-state index in [1.54, 1.807) is 24.3 Å². The summed E-state index contributed by atoms with van der Waals surface area (Å²) < 4.78 is 35.9. The molecule has 0 aromatic heterocycles. The average molecular weight is 401 g/mol. The normalized spacial score (nSPS) is 13.2. The van der Waals surface area contributed by atoms with Gasteiger partial charge in [-0.25, -0.2) is 0 Å². The molecular weight excluding hydrogens is 364 g/mol. The highest BCUT2D eigenvalue weighted by atomic mass is 32.2. The van der Waals surface area contributed by atoms with E-state index in [1.165, 1.54) is 0 Å². The van der Waals surface area contributed by atoms with Gasteiger partial charge in [-0.05, 0) is 48.5 Å². The van der Waals surface area contributed by atoms with Crippen LogP contribution >= 0.6 is 0 Å². The van der Waals surface area contributed by atoms with Crippen molar-refractivity contribution in [2.75, 3.05) is 13.2 Å². The second-order valence-electron chi connectivity index (χ2n) is 7.96. The van der Waals surface area contributed by atoms with Gasteiger partial charge in [0.25, 0.3) is 10.1 Å². The van der Waals surface area contributed by atoms with E-state index < -0.39 is 18.4 Å². The van der Waals surface area contributed by atoms with Gasteiger partial charge in [-0.1, -0.05) is 59.2 Å². The van der Waals surface area contributed by atoms with Gasteiger partial charge in [-0.15, -0.1) is 0 Å². The van der Waals surface area contributed by atoms with Gasteiger partial charge in [-0.2, -0.15) is 8.42 Å². The molecule has 150 valence electrons. The topological polar surface area (TPSA) is 52.6 Å². The van der Waals surface area contributed by atoms with Gasteiger partial charge < -0.3 is 4.43 Å². The second-order valence-corrected chi connectivity index (χ2v) is 15.0. The number of hydrogen-bond donors (Lipinski definition) is 0. The number of benzene rings is 1. The first-order chi connectivity index (χ1) is 12.0. The average Bonchev–Trinajstić information content (AvgIpc) is 2.53. The van der Waals surface area contributed by atoms with Crippen molar-refractivity contribution in [2.24, 2.45) is 0 Å². The van der Waals surface area contributed by atoms with Gasteiger partial charge in [-0.3, -0.25) is 4.18 Å². The third kappa shape index (κ3) is 5.91. The molecule has 0 bridgehead atoms. The molecule has 1 rings (SSSR count). The highest BCUT2D eigenvalue weighted by Gasteiger charge is 2.44. The van der Waals surface area contributed by atoms with Crippen molar-refractivity contribution in [3.8, 4) is 0 Å². The molecule has 0 radical (unpaired) electrons. The maximum absolute atomic E-state index is 12.2. The van der Waals surface area contributed by atoms with Crippen molar-refractivity contribution in [2.45, 2.75) is 82.8 Å². The van der Waals surface area contributed by atoms with Crippen molar-refractivity contribution in [3.05, 3.63) is 29.8 Å². The molecule has 0 saturated carbocycles. The summed E-state index contributed by atoms with van der Waals surface area (Å²) in [6.45, 7) is 16.4. The van der Waals surface area contributed by atoms with E-state index in [0.717, 1.165) is 12.0 Å². The standard InChI is InChI=1S/C20H36O4SSi/c1-16(2)26(17(3)4,18(5)6)24-15-9-8-14-23-25(21,22)20-12-10-19(7)11-13-20/h10-13,16-18H,8-9,14-15H2,1-7H3. The molecule has 1 aromatic carbocycles. The number of hydrogen-bond acceptors (Lipinski definition) is 4. The Morgan fingerprint density at radius 1 is 0.846 bits per heavy atom. The predicted molar refractivity (Wildman–Crippen MR) is 111 cm³/mol. The van der Waals surface area contributed by atoms with Crippen LogP contribution < -0.4 is 0 Å². The summed E-state index contributed by atoms with van der Waals surface area (Å²) in [7, 11) is -5.51. The molecule has 0 amide bonds. The zero-order valence-electron chi connectivity index (χ0n) is 17.4. The molecular formula is C20H36O4SSi. The molecule has 0 atom stereocenters. The number of unbranched alkanes of at least 4 members (excludes halogenated alkanes) is 1. The highest BCUT2D eigenvalue weighted by Crippen LogP contribution is 2.42. The van der Waals surface area contributed by atoms with Gasteiger partial charge in [0, 0.05) is 6.61 Å². The molecule has 0 heterocycles. The van der Waals surface area contributed by atoms with Crippen LogP contribution in [0.5, 0.6) is 0 Å². The van der Waals surface area contributed by atoms with Crippen molar-refractivity contribution in [3.63, 3.8) is 0 Å². The van der Waals surface area contributed by atoms with Crippen molar-refractivity contribution < 1.29 is 17.0 Å². The predicted octanol–water partition coefficient (Wildman–Crippen LogP) is 5.67. The summed E-state index contributed by atoms with van der Waals surface area (Å²) in [6, 6.07) is 6.72. The molecule has 0 fully saturated rings. The van der Waals surface area contributed by atoms with Crippen LogP contribution in [-0.4, -0.2) is 29.9 Å². The van der Waals surface area contributed by atoms with Gasteiger partial charge in [0.05, 0.1) is 11.5 Å². The Morgan fingerprint density at radius 2 is 1.31 bits per heavy atom. The largest absolute Gasteiger partial charge is 0.416 e. The highest BCUT2D eigenvalue weighted by molar-refractivity contribution is 7.86. The first-order valence-corrected chi connectivity index (χ1v) is 13.2. The van der Waals surface area contributed by atoms with Crippen LogP contribution in [0.2, 0.25) is 16.6 Å². The minimum absolute atomic E-state index is 0.194. The molecule has 4 nitrogen and oxygen atoms in total. The lowest BCUT2D eigenvalue weighted by molar-refractivity contribution is 0.247. The SMILES string of the molecule is Cc1ccc(S(=O)(=O)OCCCCO[Si](C(C)C)(C(C)C)C(C)C)cc1. The third-order valence-electron chi connectivity index (χ3n) is 5.15. The zero-order chi connectivity index (χ0) is 20.0. The molecule has 0 unspecified atom stereocenters. The summed E-state index contributed by atoms with van der Waals surface area (Å²) >= 11 is 0. The number of aryl methyl sites for hydroxylation is 1. The molecule has 0 aliphatic heterocycles. The van der Waals surface area contributed by atoms with Crippen LogP contribution in [0.25, 0.3) is 0 Å². The van der Waals surface area contributed by atoms with Crippen molar-refractivity contribution >= 4 is 18.4 Å². The van der Waals surface area contributed by atoms with E-state index in [1.807, 2.05) is 6.92 Å². The summed E-state index contributed by atoms with van der Waals surface area (Å²) in [5.74, 6) is 0. The quantitative estimate of drug-likeness (QED) is 0.273. The molecule has 0 aliphatic rings. The first-order valence-electron chi connectivity index (χ1n) is 9.64. The van der Waals surface area contributed by atoms with Crippen LogP contribution in [0, 0.1) is 6.92 Å². The summed E-state index contributed by atoms with van der Waals surface area (Å²) in [4.78, 5) is 0.213. The van der Waals surface area contributed by atoms with E-state index in [4.69, 9.17) is 8.61 Å². The summed E-state index contributed by atoms with van der Waals surface area (Å²) in [6.07, 6.45) is 1.48. The molecule has 6 heteroatoms. The maximum Gasteiger partial charge on any atom is 0.296 e. The Morgan fingerprint density at radius 3 is 1.77 bits per heavy atom. The lowest BCUT2D eigenvalue weighted by Gasteiger charge is -2.42. The van der Waals surface area contributed by atoms with Gasteiger partial charge in [0.15, 0.2) is 8.32 Å². The second kappa shape index (κ2) is 10.0. The minimum Gasteiger partial charge on any atom is -0.416 e. The summed E-state index contributed by atoms with van der Waals surface area (Å²) in [5.41, 5.74) is 2.69. The van der Waals surface area contributed by atoms with Gasteiger partial charge in [0.2, 0.25) is 0 Å². The first kappa shape index (κ1) is 23.3. The fourth-order valence-electron chi connectivity index (χ4n) is 3.89. The van der Waals surface area contributed by atoms with Crippen LogP contribution in [-0.2, 0) is 18.7 Å². The molecule has 0 spiro atoms. The van der Waals surface area contributed by atoms with Crippen molar-refractivity contribution in [1.82, 2.24) is 0 Å². The van der Waals surface area contributed by atoms with E-state index in [0.29, 0.717) is 29.7 Å². The van der Waals surface area contributed by atoms with Crippen molar-refractivity contribution in [1.29, 1.82) is 0 Å². The van der Waals surface area contributed by atoms with Crippen LogP contribution in [0.4, 0.5) is 0 Å². The van der Waals surface area contributed by atoms with E-state index in [2.05, 4.69) is 41.5 Å². The lowest BCUT2D eigenvalue weighted by atomic mass is 10.2. The lowest BCUT2D eigenvalue weighted by Crippen LogP contribution is -2.47. The molecule has 0 saturated heterocycles. The molecule has 0 N–H and O–H groups in total. The fraction of sp³-hybridized carbons (Fsp3) is 0.700. The van der Waals surface area contributed by atoms with Crippen LogP contribution in [0.3, 0.4) is 0 Å². The Bertz CT molecular complexity index is 615. The maximum atomic E-state index is 12.2. The van der Waals surface area contributed by atoms with Gasteiger partial charge >= 0.3 is 0 Å². The smallest absolute Gasteiger partial charge is 0.296 e. The van der Waals surface area contributed by atoms with E-state index in [9.17, 15) is 8.42 Å². The van der Waals surface area contributed by atoms with E-state index in [-0.39, 0.29) is 11.5 Å². The monoisotopic (exact) mass is 400 g/mol. The number of rotatable bonds is 11. The Hall–Kier alpha value is -0.693. The molecule has 1 aromatic rings. The third-order valence-corrected chi connectivity index (χ3v) is 12.6. The minimum atomic E-state index is -3.67. The summed E-state index contributed by atoms with van der Waals surface area (Å²) in [5, 5.41) is 0. The Labute approximate surface area is 161 Å². The zero-order valence-corrected chi connectivity index (χ0v) is 19.2. The molecule has 26 heavy (non-hydrogen) atoms. The van der Waals surface area contributed by atoms with E-state index >= 15 is 0 Å². The Kier molecular flexibility index (Phi) is 8.99. The molecule has 0 aliphatic carbocycles. The fourth-order valence-corrected chi connectivity index (χ4v) is 10.3. The van der Waals surface area contributed by atoms with Crippen LogP contribution in [0.1, 0.15) is 59.9 Å². The Balaban J connectivity index is 2.48. The van der Waals surface area contributed by atoms with Gasteiger partial charge in [0.1, 0.15) is 0 Å².